The van der Waals surface area contributed by atoms with Crippen LogP contribution >= 0.6 is 0 Å². The molecule has 0 aliphatic carbocycles. The van der Waals surface area contributed by atoms with Crippen LogP contribution in [0.15, 0.2) is 48.5 Å². The molecular weight excluding hydrogens is 262 g/mol. The van der Waals surface area contributed by atoms with Gasteiger partial charge in [0, 0.05) is 17.3 Å². The zero-order valence-electron chi connectivity index (χ0n) is 11.9. The summed E-state index contributed by atoms with van der Waals surface area (Å²) in [4.78, 5) is 13.0. The number of benzene rings is 1. The Labute approximate surface area is 123 Å². The molecule has 3 rings (SSSR count). The monoisotopic (exact) mass is 277 g/mol. The van der Waals surface area contributed by atoms with Crippen LogP contribution in [0.1, 0.15) is 11.3 Å². The van der Waals surface area contributed by atoms with Crippen molar-refractivity contribution in [3.8, 4) is 28.7 Å². The van der Waals surface area contributed by atoms with Crippen LogP contribution < -0.4 is 0 Å². The van der Waals surface area contributed by atoms with Crippen molar-refractivity contribution in [1.82, 2.24) is 15.0 Å². The Morgan fingerprint density at radius 3 is 2.33 bits per heavy atom. The van der Waals surface area contributed by atoms with Gasteiger partial charge in [0.25, 0.3) is 0 Å². The lowest BCUT2D eigenvalue weighted by molar-refractivity contribution is 0.452. The van der Waals surface area contributed by atoms with Crippen LogP contribution in [-0.2, 0) is 0 Å². The van der Waals surface area contributed by atoms with Crippen LogP contribution in [0, 0.1) is 13.8 Å². The third-order valence-electron chi connectivity index (χ3n) is 3.13. The first kappa shape index (κ1) is 13.2. The third kappa shape index (κ3) is 2.89. The number of pyridine rings is 1. The lowest BCUT2D eigenvalue weighted by Crippen LogP contribution is -1.95. The average molecular weight is 277 g/mol. The number of aryl methyl sites for hydroxylation is 2. The summed E-state index contributed by atoms with van der Waals surface area (Å²) in [6.45, 7) is 3.87. The number of hydrogen-bond donors (Lipinski definition) is 1. The maximum absolute atomic E-state index is 9.60. The van der Waals surface area contributed by atoms with E-state index in [0.29, 0.717) is 17.2 Å². The first-order chi connectivity index (χ1) is 10.1. The van der Waals surface area contributed by atoms with Gasteiger partial charge in [-0.3, -0.25) is 0 Å². The Balaban J connectivity index is 2.08. The summed E-state index contributed by atoms with van der Waals surface area (Å²) in [6.07, 6.45) is 0. The molecule has 0 saturated heterocycles. The summed E-state index contributed by atoms with van der Waals surface area (Å²) < 4.78 is 0. The molecule has 104 valence electrons. The van der Waals surface area contributed by atoms with E-state index in [1.165, 1.54) is 11.6 Å². The van der Waals surface area contributed by atoms with Crippen molar-refractivity contribution in [1.29, 1.82) is 0 Å². The minimum absolute atomic E-state index is 0.0414. The van der Waals surface area contributed by atoms with Crippen LogP contribution in [0.4, 0.5) is 0 Å². The normalized spacial score (nSPS) is 10.6. The number of hydrogen-bond acceptors (Lipinski definition) is 4. The van der Waals surface area contributed by atoms with Crippen LogP contribution in [0.5, 0.6) is 5.88 Å². The molecule has 1 aromatic carbocycles. The fourth-order valence-corrected chi connectivity index (χ4v) is 2.19. The molecule has 0 aliphatic heterocycles. The number of rotatable bonds is 2. The van der Waals surface area contributed by atoms with Gasteiger partial charge in [-0.15, -0.1) is 0 Å². The molecular formula is C17H15N3O. The molecule has 0 saturated carbocycles. The average Bonchev–Trinajstić information content (AvgIpc) is 2.46. The Hall–Kier alpha value is -2.75. The van der Waals surface area contributed by atoms with E-state index in [1.54, 1.807) is 0 Å². The third-order valence-corrected chi connectivity index (χ3v) is 3.13. The first-order valence-corrected chi connectivity index (χ1v) is 6.71. The highest BCUT2D eigenvalue weighted by atomic mass is 16.3. The topological polar surface area (TPSA) is 58.9 Å². The van der Waals surface area contributed by atoms with Crippen molar-refractivity contribution in [3.05, 3.63) is 59.8 Å². The van der Waals surface area contributed by atoms with Crippen molar-refractivity contribution in [2.75, 3.05) is 0 Å². The molecule has 0 amide bonds. The molecule has 0 spiro atoms. The molecule has 0 fully saturated rings. The number of aromatic hydroxyl groups is 1. The number of nitrogens with zero attached hydrogens (tertiary/aromatic N) is 3. The smallest absolute Gasteiger partial charge is 0.214 e. The van der Waals surface area contributed by atoms with E-state index in [2.05, 4.69) is 34.0 Å². The Bertz CT molecular complexity index is 779. The highest BCUT2D eigenvalue weighted by Crippen LogP contribution is 2.22. The van der Waals surface area contributed by atoms with E-state index in [4.69, 9.17) is 0 Å². The van der Waals surface area contributed by atoms with Crippen molar-refractivity contribution in [3.63, 3.8) is 0 Å². The summed E-state index contributed by atoms with van der Waals surface area (Å²) in [6, 6.07) is 15.4. The molecule has 0 unspecified atom stereocenters. The van der Waals surface area contributed by atoms with Gasteiger partial charge in [0.2, 0.25) is 5.88 Å². The SMILES string of the molecule is Cc1cccc(-c2cccc(-c3nc(C)cc(O)n3)n2)c1. The first-order valence-electron chi connectivity index (χ1n) is 6.71. The second kappa shape index (κ2) is 5.32. The minimum atomic E-state index is -0.0414. The Morgan fingerprint density at radius 2 is 1.57 bits per heavy atom. The molecule has 0 aliphatic rings. The summed E-state index contributed by atoms with van der Waals surface area (Å²) in [7, 11) is 0. The van der Waals surface area contributed by atoms with Gasteiger partial charge in [-0.1, -0.05) is 29.8 Å². The van der Waals surface area contributed by atoms with Crippen molar-refractivity contribution < 1.29 is 5.11 Å². The Kier molecular flexibility index (Phi) is 3.36. The van der Waals surface area contributed by atoms with Gasteiger partial charge in [0.1, 0.15) is 5.69 Å². The molecule has 2 aromatic heterocycles. The molecule has 4 heteroatoms. The fraction of sp³-hybridized carbons (Fsp3) is 0.118. The largest absolute Gasteiger partial charge is 0.493 e. The van der Waals surface area contributed by atoms with Crippen LogP contribution in [0.25, 0.3) is 22.8 Å². The molecule has 3 aromatic rings. The van der Waals surface area contributed by atoms with Crippen LogP contribution in [-0.4, -0.2) is 20.1 Å². The van der Waals surface area contributed by atoms with E-state index in [0.717, 1.165) is 11.3 Å². The van der Waals surface area contributed by atoms with Crippen molar-refractivity contribution >= 4 is 0 Å². The molecule has 21 heavy (non-hydrogen) atoms. The van der Waals surface area contributed by atoms with Gasteiger partial charge in [-0.05, 0) is 32.0 Å². The summed E-state index contributed by atoms with van der Waals surface area (Å²) in [5.74, 6) is 0.391. The standard InChI is InChI=1S/C17H15N3O/c1-11-5-3-6-13(9-11)14-7-4-8-15(19-14)17-18-12(2)10-16(21)20-17/h3-10H,1-2H3,(H,18,20,21). The Morgan fingerprint density at radius 1 is 0.810 bits per heavy atom. The second-order valence-electron chi connectivity index (χ2n) is 4.97. The van der Waals surface area contributed by atoms with E-state index in [9.17, 15) is 5.11 Å². The van der Waals surface area contributed by atoms with E-state index in [-0.39, 0.29) is 5.88 Å². The predicted octanol–water partition coefficient (Wildman–Crippen LogP) is 3.53. The van der Waals surface area contributed by atoms with Gasteiger partial charge in [-0.2, -0.15) is 4.98 Å². The molecule has 0 bridgehead atoms. The molecule has 2 heterocycles. The van der Waals surface area contributed by atoms with E-state index in [1.807, 2.05) is 37.3 Å². The minimum Gasteiger partial charge on any atom is -0.493 e. The second-order valence-corrected chi connectivity index (χ2v) is 4.97. The van der Waals surface area contributed by atoms with Gasteiger partial charge < -0.3 is 5.11 Å². The van der Waals surface area contributed by atoms with Gasteiger partial charge >= 0.3 is 0 Å². The zero-order valence-corrected chi connectivity index (χ0v) is 11.9. The maximum Gasteiger partial charge on any atom is 0.214 e. The molecule has 1 N–H and O–H groups in total. The van der Waals surface area contributed by atoms with Crippen molar-refractivity contribution in [2.24, 2.45) is 0 Å². The predicted molar refractivity (Wildman–Crippen MR) is 81.8 cm³/mol. The summed E-state index contributed by atoms with van der Waals surface area (Å²) >= 11 is 0. The highest BCUT2D eigenvalue weighted by molar-refractivity contribution is 5.63. The number of aromatic nitrogens is 3. The highest BCUT2D eigenvalue weighted by Gasteiger charge is 2.08. The zero-order chi connectivity index (χ0) is 14.8. The van der Waals surface area contributed by atoms with Crippen molar-refractivity contribution in [2.45, 2.75) is 13.8 Å². The van der Waals surface area contributed by atoms with E-state index < -0.39 is 0 Å². The van der Waals surface area contributed by atoms with Crippen LogP contribution in [0.2, 0.25) is 0 Å². The lowest BCUT2D eigenvalue weighted by atomic mass is 10.1. The van der Waals surface area contributed by atoms with E-state index >= 15 is 0 Å². The maximum atomic E-state index is 9.60. The van der Waals surface area contributed by atoms with Gasteiger partial charge in [-0.25, -0.2) is 9.97 Å². The van der Waals surface area contributed by atoms with Crippen LogP contribution in [0.3, 0.4) is 0 Å². The van der Waals surface area contributed by atoms with Gasteiger partial charge in [0.05, 0.1) is 5.69 Å². The molecule has 0 radical (unpaired) electrons. The van der Waals surface area contributed by atoms with Gasteiger partial charge in [0.15, 0.2) is 5.82 Å². The molecule has 4 nitrogen and oxygen atoms in total. The molecule has 0 atom stereocenters. The summed E-state index contributed by atoms with van der Waals surface area (Å²) in [5.41, 5.74) is 4.45. The quantitative estimate of drug-likeness (QED) is 0.778. The summed E-state index contributed by atoms with van der Waals surface area (Å²) in [5, 5.41) is 9.60. The lowest BCUT2D eigenvalue weighted by Gasteiger charge is -2.06. The fourth-order valence-electron chi connectivity index (χ4n) is 2.19.